The summed E-state index contributed by atoms with van der Waals surface area (Å²) >= 11 is 0. The van der Waals surface area contributed by atoms with Crippen LogP contribution < -0.4 is 14.8 Å². The summed E-state index contributed by atoms with van der Waals surface area (Å²) in [5.41, 5.74) is 1.21. The van der Waals surface area contributed by atoms with E-state index < -0.39 is 0 Å². The van der Waals surface area contributed by atoms with Crippen LogP contribution in [0.2, 0.25) is 0 Å². The summed E-state index contributed by atoms with van der Waals surface area (Å²) in [6.45, 7) is 1.36. The van der Waals surface area contributed by atoms with Crippen molar-refractivity contribution in [1.29, 1.82) is 0 Å². The van der Waals surface area contributed by atoms with Gasteiger partial charge in [0.15, 0.2) is 23.9 Å². The molecule has 0 radical (unpaired) electrons. The molecular formula is C18H21NO4. The predicted molar refractivity (Wildman–Crippen MR) is 90.3 cm³/mol. The highest BCUT2D eigenvalue weighted by molar-refractivity contribution is 5.95. The Hall–Kier alpha value is -2.82. The molecule has 122 valence electrons. The fourth-order valence-corrected chi connectivity index (χ4v) is 1.87. The van der Waals surface area contributed by atoms with Crippen molar-refractivity contribution < 1.29 is 19.1 Å². The molecule has 2 rings (SSSR count). The topological polar surface area (TPSA) is 64.6 Å². The summed E-state index contributed by atoms with van der Waals surface area (Å²) in [5.74, 6) is 0.770. The smallest absolute Gasteiger partial charge is 0.262 e. The normalized spacial score (nSPS) is 9.48. The minimum atomic E-state index is -0.290. The number of benzene rings is 2. The molecule has 0 saturated carbocycles. The highest BCUT2D eigenvalue weighted by Gasteiger charge is 2.07. The van der Waals surface area contributed by atoms with E-state index in [9.17, 15) is 9.59 Å². The van der Waals surface area contributed by atoms with Gasteiger partial charge in [-0.2, -0.15) is 0 Å². The maximum atomic E-state index is 11.9. The first-order valence-corrected chi connectivity index (χ1v) is 6.77. The standard InChI is InChI=1S/C17H17NO4.CH4/c1-12(19)13-7-9-14(10-8-13)18-17(20)11-22-16-6-4-3-5-15(16)21-2;/h3-10H,11H2,1-2H3,(H,18,20);1H4. The molecule has 1 N–H and O–H groups in total. The molecular weight excluding hydrogens is 294 g/mol. The van der Waals surface area contributed by atoms with Gasteiger partial charge in [-0.1, -0.05) is 19.6 Å². The van der Waals surface area contributed by atoms with Gasteiger partial charge in [-0.15, -0.1) is 0 Å². The molecule has 1 amide bonds. The van der Waals surface area contributed by atoms with Gasteiger partial charge in [-0.05, 0) is 43.3 Å². The van der Waals surface area contributed by atoms with Crippen LogP contribution in [0, 0.1) is 0 Å². The van der Waals surface area contributed by atoms with Crippen LogP contribution >= 0.6 is 0 Å². The van der Waals surface area contributed by atoms with Crippen molar-refractivity contribution in [3.63, 3.8) is 0 Å². The van der Waals surface area contributed by atoms with Crippen molar-refractivity contribution in [2.75, 3.05) is 19.0 Å². The molecule has 23 heavy (non-hydrogen) atoms. The molecule has 0 aliphatic heterocycles. The van der Waals surface area contributed by atoms with Gasteiger partial charge in [0.2, 0.25) is 0 Å². The molecule has 2 aromatic rings. The summed E-state index contributed by atoms with van der Waals surface area (Å²) in [6.07, 6.45) is 0. The van der Waals surface area contributed by atoms with E-state index in [0.29, 0.717) is 22.7 Å². The average molecular weight is 315 g/mol. The number of anilines is 1. The first kappa shape index (κ1) is 18.2. The summed E-state index contributed by atoms with van der Waals surface area (Å²) in [6, 6.07) is 13.8. The lowest BCUT2D eigenvalue weighted by Crippen LogP contribution is -2.20. The van der Waals surface area contributed by atoms with Gasteiger partial charge < -0.3 is 14.8 Å². The summed E-state index contributed by atoms with van der Waals surface area (Å²) in [7, 11) is 1.54. The van der Waals surface area contributed by atoms with Crippen molar-refractivity contribution in [3.05, 3.63) is 54.1 Å². The number of hydrogen-bond acceptors (Lipinski definition) is 4. The van der Waals surface area contributed by atoms with E-state index in [2.05, 4.69) is 5.32 Å². The minimum absolute atomic E-state index is 0. The zero-order valence-electron chi connectivity index (χ0n) is 12.5. The molecule has 0 saturated heterocycles. The van der Waals surface area contributed by atoms with Crippen molar-refractivity contribution >= 4 is 17.4 Å². The Balaban J connectivity index is 0.00000264. The SMILES string of the molecule is C.COc1ccccc1OCC(=O)Nc1ccc(C(C)=O)cc1. The van der Waals surface area contributed by atoms with Crippen LogP contribution in [0.4, 0.5) is 5.69 Å². The lowest BCUT2D eigenvalue weighted by molar-refractivity contribution is -0.118. The van der Waals surface area contributed by atoms with Crippen molar-refractivity contribution in [3.8, 4) is 11.5 Å². The van der Waals surface area contributed by atoms with E-state index in [-0.39, 0.29) is 25.7 Å². The Morgan fingerprint density at radius 3 is 2.17 bits per heavy atom. The van der Waals surface area contributed by atoms with Crippen LogP contribution in [-0.2, 0) is 4.79 Å². The maximum Gasteiger partial charge on any atom is 0.262 e. The quantitative estimate of drug-likeness (QED) is 0.828. The molecule has 0 atom stereocenters. The Morgan fingerprint density at radius 1 is 1.00 bits per heavy atom. The lowest BCUT2D eigenvalue weighted by Gasteiger charge is -2.10. The summed E-state index contributed by atoms with van der Waals surface area (Å²) in [4.78, 5) is 23.0. The Labute approximate surface area is 136 Å². The molecule has 0 bridgehead atoms. The Kier molecular flexibility index (Phi) is 6.80. The molecule has 0 unspecified atom stereocenters. The fraction of sp³-hybridized carbons (Fsp3) is 0.222. The second-order valence-electron chi connectivity index (χ2n) is 4.62. The fourth-order valence-electron chi connectivity index (χ4n) is 1.87. The van der Waals surface area contributed by atoms with E-state index in [1.807, 2.05) is 6.07 Å². The number of ketones is 1. The third-order valence-corrected chi connectivity index (χ3v) is 3.00. The predicted octanol–water partition coefficient (Wildman–Crippen LogP) is 3.55. The monoisotopic (exact) mass is 315 g/mol. The number of amides is 1. The van der Waals surface area contributed by atoms with E-state index in [1.165, 1.54) is 6.92 Å². The lowest BCUT2D eigenvalue weighted by atomic mass is 10.1. The largest absolute Gasteiger partial charge is 0.493 e. The second-order valence-corrected chi connectivity index (χ2v) is 4.62. The molecule has 0 aliphatic carbocycles. The van der Waals surface area contributed by atoms with Gasteiger partial charge in [0, 0.05) is 11.3 Å². The third-order valence-electron chi connectivity index (χ3n) is 3.00. The minimum Gasteiger partial charge on any atom is -0.493 e. The van der Waals surface area contributed by atoms with Gasteiger partial charge in [-0.25, -0.2) is 0 Å². The van der Waals surface area contributed by atoms with Crippen LogP contribution in [0.5, 0.6) is 11.5 Å². The van der Waals surface area contributed by atoms with Crippen LogP contribution in [0.15, 0.2) is 48.5 Å². The number of ether oxygens (including phenoxy) is 2. The van der Waals surface area contributed by atoms with Crippen molar-refractivity contribution in [2.45, 2.75) is 14.4 Å². The number of nitrogens with one attached hydrogen (secondary N) is 1. The molecule has 0 fully saturated rings. The number of hydrogen-bond donors (Lipinski definition) is 1. The van der Waals surface area contributed by atoms with Crippen LogP contribution in [0.1, 0.15) is 24.7 Å². The summed E-state index contributed by atoms with van der Waals surface area (Å²) < 4.78 is 10.6. The first-order valence-electron chi connectivity index (χ1n) is 6.77. The van der Waals surface area contributed by atoms with Crippen LogP contribution in [0.25, 0.3) is 0 Å². The van der Waals surface area contributed by atoms with Crippen LogP contribution in [0.3, 0.4) is 0 Å². The second kappa shape index (κ2) is 8.58. The molecule has 0 spiro atoms. The van der Waals surface area contributed by atoms with E-state index >= 15 is 0 Å². The zero-order chi connectivity index (χ0) is 15.9. The number of methoxy groups -OCH3 is 1. The summed E-state index contributed by atoms with van der Waals surface area (Å²) in [5, 5.41) is 2.70. The number of rotatable bonds is 6. The van der Waals surface area contributed by atoms with Crippen molar-refractivity contribution in [2.24, 2.45) is 0 Å². The van der Waals surface area contributed by atoms with Gasteiger partial charge in [0.1, 0.15) is 0 Å². The molecule has 2 aromatic carbocycles. The van der Waals surface area contributed by atoms with E-state index in [0.717, 1.165) is 0 Å². The van der Waals surface area contributed by atoms with Crippen molar-refractivity contribution in [1.82, 2.24) is 0 Å². The Morgan fingerprint density at radius 2 is 1.61 bits per heavy atom. The van der Waals surface area contributed by atoms with Gasteiger partial charge >= 0.3 is 0 Å². The Bertz CT molecular complexity index is 665. The average Bonchev–Trinajstić information content (AvgIpc) is 2.53. The number of carbonyl (C=O) groups excluding carboxylic acids is 2. The third kappa shape index (κ3) is 5.14. The highest BCUT2D eigenvalue weighted by atomic mass is 16.5. The molecule has 0 aliphatic rings. The maximum absolute atomic E-state index is 11.9. The van der Waals surface area contributed by atoms with Gasteiger partial charge in [0.25, 0.3) is 5.91 Å². The molecule has 5 nitrogen and oxygen atoms in total. The zero-order valence-corrected chi connectivity index (χ0v) is 12.5. The number of Topliss-reactive ketones (excluding diaryl/α,β-unsaturated/α-hetero) is 1. The first-order chi connectivity index (χ1) is 10.6. The molecule has 5 heteroatoms. The molecule has 0 aromatic heterocycles. The molecule has 0 heterocycles. The van der Waals surface area contributed by atoms with Gasteiger partial charge in [-0.3, -0.25) is 9.59 Å². The van der Waals surface area contributed by atoms with Crippen LogP contribution in [-0.4, -0.2) is 25.4 Å². The number of carbonyl (C=O) groups is 2. The van der Waals surface area contributed by atoms with E-state index in [1.54, 1.807) is 49.6 Å². The number of para-hydroxylation sites is 2. The van der Waals surface area contributed by atoms with Gasteiger partial charge in [0.05, 0.1) is 7.11 Å². The highest BCUT2D eigenvalue weighted by Crippen LogP contribution is 2.25. The van der Waals surface area contributed by atoms with E-state index in [4.69, 9.17) is 9.47 Å².